The zero-order chi connectivity index (χ0) is 47.1. The van der Waals surface area contributed by atoms with Gasteiger partial charge in [0.2, 0.25) is 16.6 Å². The van der Waals surface area contributed by atoms with Gasteiger partial charge in [-0.2, -0.15) is 0 Å². The Bertz CT molecular complexity index is 3000. The molecule has 1 aromatic carbocycles. The van der Waals surface area contributed by atoms with Gasteiger partial charge in [-0.05, 0) is 37.9 Å². The number of methoxy groups -OCH3 is 1. The van der Waals surface area contributed by atoms with Crippen molar-refractivity contribution >= 4 is 57.1 Å². The molecule has 6 aromatic rings. The highest BCUT2D eigenvalue weighted by Crippen LogP contribution is 2.34. The lowest BCUT2D eigenvalue weighted by molar-refractivity contribution is -0.949. The summed E-state index contributed by atoms with van der Waals surface area (Å²) in [6, 6.07) is 8.26. The number of imidazole rings is 2. The molecule has 5 atom stereocenters. The smallest absolute Gasteiger partial charge is 0.437 e. The van der Waals surface area contributed by atoms with Crippen molar-refractivity contribution in [3.8, 4) is 5.75 Å². The standard InChI is InChI=1S/C20H24N2O2.2C9H9N5O6/c1-3-13-12-22-9-7-14(13)10-19(22)20(23)16-6-8-21-18-5-4-15(24-2)11-17(16)18;2*1-11-6-5(7(17)12(2)9(11)18)13(3-4(15)16)8(10-6)14(19)20/h3-6,8,11,13-14,19-20,23H,1,7,9-10,12H2,2H3;2*3H2,1-2H3,(H,15,16)/t13-,14-,19-,20+;;/m0../s1. The quantitative estimate of drug-likeness (QED) is 0.0742. The summed E-state index contributed by atoms with van der Waals surface area (Å²) in [6.45, 7) is 4.44. The van der Waals surface area contributed by atoms with E-state index in [0.717, 1.165) is 50.9 Å². The van der Waals surface area contributed by atoms with E-state index >= 15 is 0 Å². The third kappa shape index (κ3) is 8.25. The number of aromatic amines is 1. The number of carboxylic acids is 2. The number of carbonyl (C=O) groups is 2. The second-order valence-corrected chi connectivity index (χ2v) is 15.2. The van der Waals surface area contributed by atoms with Crippen molar-refractivity contribution in [2.24, 2.45) is 40.0 Å². The van der Waals surface area contributed by atoms with E-state index in [1.807, 2.05) is 30.5 Å². The van der Waals surface area contributed by atoms with Crippen molar-refractivity contribution in [2.45, 2.75) is 38.1 Å². The fourth-order valence-corrected chi connectivity index (χ4v) is 8.41. The number of aliphatic carboxylic acids is 2. The number of benzene rings is 1. The summed E-state index contributed by atoms with van der Waals surface area (Å²) in [7, 11) is 6.56. The van der Waals surface area contributed by atoms with Gasteiger partial charge in [0.25, 0.3) is 22.4 Å². The number of nitrogens with zero attached hydrogens (tertiary/aromatic N) is 10. The third-order valence-electron chi connectivity index (χ3n) is 11.6. The largest absolute Gasteiger partial charge is 0.547 e. The van der Waals surface area contributed by atoms with Crippen molar-refractivity contribution in [3.05, 3.63) is 111 Å². The van der Waals surface area contributed by atoms with Crippen LogP contribution in [0.3, 0.4) is 0 Å². The van der Waals surface area contributed by atoms with Gasteiger partial charge in [-0.15, -0.1) is 6.58 Å². The van der Waals surface area contributed by atoms with Crippen LogP contribution in [0, 0.1) is 32.1 Å². The number of carboxylic acid groups (broad SMARTS) is 2. The average molecular weight is 891 g/mol. The molecule has 0 saturated carbocycles. The molecule has 5 aromatic heterocycles. The van der Waals surface area contributed by atoms with E-state index in [4.69, 9.17) is 4.74 Å². The number of quaternary nitrogens is 1. The highest BCUT2D eigenvalue weighted by Gasteiger charge is 2.46. The maximum Gasteiger partial charge on any atom is 0.437 e. The van der Waals surface area contributed by atoms with E-state index in [1.165, 1.54) is 39.5 Å². The van der Waals surface area contributed by atoms with E-state index in [0.29, 0.717) is 30.1 Å². The van der Waals surface area contributed by atoms with Crippen molar-refractivity contribution in [1.29, 1.82) is 0 Å². The second kappa shape index (κ2) is 17.8. The Hall–Kier alpha value is -7.87. The van der Waals surface area contributed by atoms with Crippen LogP contribution < -0.4 is 47.3 Å². The molecule has 2 bridgehead atoms. The molecule has 26 heteroatoms. The van der Waals surface area contributed by atoms with Crippen molar-refractivity contribution in [3.63, 3.8) is 0 Å². The molecular formula is C38H42N12O14. The Morgan fingerprint density at radius 1 is 0.906 bits per heavy atom. The number of aliphatic hydroxyl groups is 1. The number of carbonyl (C=O) groups excluding carboxylic acids is 2. The minimum Gasteiger partial charge on any atom is -0.547 e. The minimum atomic E-state index is -1.62. The van der Waals surface area contributed by atoms with Gasteiger partial charge in [0, 0.05) is 64.6 Å². The molecule has 1 unspecified atom stereocenters. The van der Waals surface area contributed by atoms with Crippen LogP contribution in [-0.4, -0.2) is 90.5 Å². The number of piperidine rings is 3. The number of aryl methyl sites for hydroxylation is 2. The first-order chi connectivity index (χ1) is 30.2. The summed E-state index contributed by atoms with van der Waals surface area (Å²) in [6.07, 6.45) is 5.93. The van der Waals surface area contributed by atoms with Crippen molar-refractivity contribution < 1.29 is 49.4 Å². The van der Waals surface area contributed by atoms with Crippen LogP contribution in [0.5, 0.6) is 5.75 Å². The van der Waals surface area contributed by atoms with Crippen LogP contribution in [0.4, 0.5) is 11.9 Å². The number of ether oxygens (including phenoxy) is 1. The number of pyridine rings is 1. The number of rotatable bonds is 10. The Balaban J connectivity index is 0.000000161. The van der Waals surface area contributed by atoms with E-state index in [-0.39, 0.29) is 28.4 Å². The third-order valence-corrected chi connectivity index (χ3v) is 11.6. The molecule has 3 saturated heterocycles. The maximum absolute atomic E-state index is 12.0. The predicted molar refractivity (Wildman–Crippen MR) is 217 cm³/mol. The molecule has 26 nitrogen and oxygen atoms in total. The van der Waals surface area contributed by atoms with Gasteiger partial charge < -0.3 is 54.8 Å². The summed E-state index contributed by atoms with van der Waals surface area (Å²) in [5.74, 6) is -2.83. The van der Waals surface area contributed by atoms with E-state index in [9.17, 15) is 64.3 Å². The molecule has 3 fully saturated rings. The first-order valence-corrected chi connectivity index (χ1v) is 19.4. The number of fused-ring (bicyclic) bond motifs is 6. The first-order valence-electron chi connectivity index (χ1n) is 19.4. The number of hydrogen-bond acceptors (Lipinski definition) is 16. The number of nitro groups is 2. The fraction of sp³-hybridized carbons (Fsp3) is 0.395. The number of nitrogens with one attached hydrogen (secondary N) is 2. The minimum absolute atomic E-state index is 0.258. The normalized spacial score (nSPS) is 18.2. The molecule has 338 valence electrons. The van der Waals surface area contributed by atoms with Crippen LogP contribution in [0.1, 0.15) is 24.5 Å². The van der Waals surface area contributed by atoms with Crippen LogP contribution >= 0.6 is 0 Å². The number of aliphatic hydroxyl groups excluding tert-OH is 1. The topological polar surface area (TPSA) is 338 Å². The Kier molecular flexibility index (Phi) is 12.7. The molecule has 3 N–H and O–H groups in total. The molecule has 0 aliphatic carbocycles. The molecule has 0 amide bonds. The van der Waals surface area contributed by atoms with E-state index < -0.39 is 75.4 Å². The molecule has 0 spiro atoms. The van der Waals surface area contributed by atoms with Gasteiger partial charge >= 0.3 is 23.3 Å². The number of hydrogen-bond donors (Lipinski definition) is 2. The first kappa shape index (κ1) is 45.7. The summed E-state index contributed by atoms with van der Waals surface area (Å²) >= 11 is 0. The van der Waals surface area contributed by atoms with Gasteiger partial charge in [0.1, 0.15) is 31.0 Å². The van der Waals surface area contributed by atoms with Crippen LogP contribution in [0.25, 0.3) is 33.2 Å². The maximum atomic E-state index is 12.0. The lowest BCUT2D eigenvalue weighted by atomic mass is 9.73. The lowest BCUT2D eigenvalue weighted by Gasteiger charge is -2.47. The number of aromatic nitrogens is 9. The van der Waals surface area contributed by atoms with Crippen molar-refractivity contribution in [2.75, 3.05) is 20.2 Å². The Morgan fingerprint density at radius 3 is 1.84 bits per heavy atom. The van der Waals surface area contributed by atoms with Gasteiger partial charge in [0.05, 0.1) is 37.5 Å². The van der Waals surface area contributed by atoms with Gasteiger partial charge in [-0.1, -0.05) is 6.08 Å². The van der Waals surface area contributed by atoms with Gasteiger partial charge in [0.15, 0.2) is 6.20 Å². The van der Waals surface area contributed by atoms with E-state index in [1.54, 1.807) is 7.11 Å². The molecule has 3 aliphatic heterocycles. The number of H-pyrrole nitrogens is 1. The SMILES string of the molecule is C=C[C@H]1C[NH+]2CC[C@H]1C[C@H]2[C@H](O)c1cc[nH+]c2ccc(OC)cc12.Cn1c(=O)c2c(nc([N+](=O)[O-])n2CC(=O)[O-])n(C)c1=O.Cn1c(=O)c2c(nc([N+](=O)[O-])n2CC(=O)[O-])n(C)c1=O. The van der Waals surface area contributed by atoms with E-state index in [2.05, 4.69) is 27.6 Å². The second-order valence-electron chi connectivity index (χ2n) is 15.2. The average Bonchev–Trinajstić information content (AvgIpc) is 3.85. The zero-order valence-electron chi connectivity index (χ0n) is 34.9. The zero-order valence-corrected chi connectivity index (χ0v) is 34.9. The summed E-state index contributed by atoms with van der Waals surface area (Å²) < 4.78 is 9.84. The molecule has 8 heterocycles. The predicted octanol–water partition coefficient (Wildman–Crippen LogP) is -4.64. The molecule has 3 aliphatic rings. The highest BCUT2D eigenvalue weighted by molar-refractivity contribution is 5.81. The fourth-order valence-electron chi connectivity index (χ4n) is 8.41. The van der Waals surface area contributed by atoms with Crippen LogP contribution in [-0.2, 0) is 50.9 Å². The van der Waals surface area contributed by atoms with Crippen LogP contribution in [0.2, 0.25) is 0 Å². The Morgan fingerprint density at radius 2 is 1.42 bits per heavy atom. The molecule has 64 heavy (non-hydrogen) atoms. The highest BCUT2D eigenvalue weighted by atomic mass is 16.6. The molecule has 9 rings (SSSR count). The molecule has 0 radical (unpaired) electrons. The van der Waals surface area contributed by atoms with Gasteiger partial charge in [-0.25, -0.2) is 23.7 Å². The Labute approximate surface area is 358 Å². The monoisotopic (exact) mass is 890 g/mol. The summed E-state index contributed by atoms with van der Waals surface area (Å²) in [5.41, 5.74) is -2.36. The summed E-state index contributed by atoms with van der Waals surface area (Å²) in [5, 5.41) is 55.3. The summed E-state index contributed by atoms with van der Waals surface area (Å²) in [4.78, 5) is 100. The van der Waals surface area contributed by atoms with Gasteiger partial charge in [-0.3, -0.25) is 27.9 Å². The van der Waals surface area contributed by atoms with Crippen molar-refractivity contribution in [1.82, 2.24) is 37.4 Å². The van der Waals surface area contributed by atoms with Crippen LogP contribution in [0.15, 0.2) is 62.3 Å². The lowest BCUT2D eigenvalue weighted by Crippen LogP contribution is -3.20. The molecular weight excluding hydrogens is 848 g/mol.